The van der Waals surface area contributed by atoms with E-state index in [-0.39, 0.29) is 40.2 Å². The monoisotopic (exact) mass is 634 g/mol. The average Bonchev–Trinajstić information content (AvgIpc) is 2.97. The molecular weight excluding hydrogens is 603 g/mol. The number of rotatable bonds is 14. The smallest absolute Gasteiger partial charge is 0.269 e. The quantitative estimate of drug-likeness (QED) is 0.135. The minimum atomic E-state index is -4.30. The van der Waals surface area contributed by atoms with E-state index < -0.39 is 33.4 Å². The Labute approximate surface area is 255 Å². The predicted molar refractivity (Wildman–Crippen MR) is 163 cm³/mol. The van der Waals surface area contributed by atoms with E-state index in [0.29, 0.717) is 17.1 Å². The maximum Gasteiger partial charge on any atom is 0.269 e. The highest BCUT2D eigenvalue weighted by Gasteiger charge is 2.34. The number of carbonyl (C=O) groups is 2. The van der Waals surface area contributed by atoms with Crippen LogP contribution in [0.1, 0.15) is 38.7 Å². The van der Waals surface area contributed by atoms with Gasteiger partial charge in [0.25, 0.3) is 15.7 Å². The lowest BCUT2D eigenvalue weighted by Crippen LogP contribution is -2.52. The van der Waals surface area contributed by atoms with Gasteiger partial charge in [0.05, 0.1) is 15.5 Å². The number of halogens is 2. The van der Waals surface area contributed by atoms with Gasteiger partial charge in [0, 0.05) is 35.3 Å². The van der Waals surface area contributed by atoms with Gasteiger partial charge in [-0.2, -0.15) is 0 Å². The molecule has 224 valence electrons. The summed E-state index contributed by atoms with van der Waals surface area (Å²) in [5, 5.41) is 14.7. The van der Waals surface area contributed by atoms with E-state index in [1.54, 1.807) is 37.3 Å². The van der Waals surface area contributed by atoms with E-state index >= 15 is 0 Å². The van der Waals surface area contributed by atoms with Crippen LogP contribution in [0.25, 0.3) is 0 Å². The maximum atomic E-state index is 14.1. The van der Waals surface area contributed by atoms with E-state index in [1.807, 2.05) is 6.92 Å². The van der Waals surface area contributed by atoms with Crippen LogP contribution in [0, 0.1) is 10.1 Å². The van der Waals surface area contributed by atoms with Crippen molar-refractivity contribution in [1.82, 2.24) is 10.2 Å². The number of sulfonamides is 1. The zero-order valence-corrected chi connectivity index (χ0v) is 25.5. The van der Waals surface area contributed by atoms with Gasteiger partial charge in [-0.3, -0.25) is 24.0 Å². The third-order valence-corrected chi connectivity index (χ3v) is 8.90. The van der Waals surface area contributed by atoms with E-state index in [0.717, 1.165) is 29.3 Å². The molecule has 0 saturated heterocycles. The Morgan fingerprint density at radius 2 is 1.67 bits per heavy atom. The first kappa shape index (κ1) is 32.8. The highest BCUT2D eigenvalue weighted by molar-refractivity contribution is 7.92. The van der Waals surface area contributed by atoms with Crippen LogP contribution in [-0.4, -0.2) is 49.2 Å². The van der Waals surface area contributed by atoms with E-state index in [4.69, 9.17) is 23.2 Å². The highest BCUT2D eigenvalue weighted by atomic mass is 35.5. The van der Waals surface area contributed by atoms with E-state index in [9.17, 15) is 28.1 Å². The molecule has 0 aliphatic carbocycles. The van der Waals surface area contributed by atoms with Crippen molar-refractivity contribution in [2.24, 2.45) is 0 Å². The van der Waals surface area contributed by atoms with Crippen molar-refractivity contribution in [2.45, 2.75) is 50.6 Å². The summed E-state index contributed by atoms with van der Waals surface area (Å²) in [6, 6.07) is 16.2. The second-order valence-corrected chi connectivity index (χ2v) is 12.1. The van der Waals surface area contributed by atoms with Gasteiger partial charge >= 0.3 is 0 Å². The SMILES string of the molecule is CCCCNC(=O)[C@@H](CC)N(Cc1ccc(Cl)cc1Cl)C(=O)CN(c1ccc([N+](=O)[O-])cc1)S(=O)(=O)c1ccccc1. The van der Waals surface area contributed by atoms with Crippen molar-refractivity contribution in [3.8, 4) is 0 Å². The van der Waals surface area contributed by atoms with Gasteiger partial charge in [0.2, 0.25) is 11.8 Å². The van der Waals surface area contributed by atoms with Gasteiger partial charge in [-0.15, -0.1) is 0 Å². The molecule has 0 heterocycles. The number of nitro benzene ring substituents is 1. The van der Waals surface area contributed by atoms with Crippen LogP contribution in [-0.2, 0) is 26.2 Å². The van der Waals surface area contributed by atoms with Gasteiger partial charge < -0.3 is 10.2 Å². The van der Waals surface area contributed by atoms with Crippen LogP contribution in [0.5, 0.6) is 0 Å². The third-order valence-electron chi connectivity index (χ3n) is 6.53. The van der Waals surface area contributed by atoms with Gasteiger partial charge in [0.1, 0.15) is 12.6 Å². The number of nitrogens with one attached hydrogen (secondary N) is 1. The Kier molecular flexibility index (Phi) is 11.7. The van der Waals surface area contributed by atoms with Crippen LogP contribution in [0.4, 0.5) is 11.4 Å². The topological polar surface area (TPSA) is 130 Å². The Morgan fingerprint density at radius 1 is 1.00 bits per heavy atom. The summed E-state index contributed by atoms with van der Waals surface area (Å²) < 4.78 is 28.5. The first-order valence-corrected chi connectivity index (χ1v) is 15.5. The van der Waals surface area contributed by atoms with Gasteiger partial charge in [-0.05, 0) is 54.8 Å². The number of hydrogen-bond acceptors (Lipinski definition) is 6. The second-order valence-electron chi connectivity index (χ2n) is 9.42. The number of benzene rings is 3. The summed E-state index contributed by atoms with van der Waals surface area (Å²) in [5.74, 6) is -1.05. The zero-order chi connectivity index (χ0) is 30.9. The molecule has 2 amide bonds. The number of hydrogen-bond donors (Lipinski definition) is 1. The van der Waals surface area contributed by atoms with Crippen LogP contribution < -0.4 is 9.62 Å². The first-order valence-electron chi connectivity index (χ1n) is 13.3. The summed E-state index contributed by atoms with van der Waals surface area (Å²) in [6.07, 6.45) is 1.86. The molecule has 42 heavy (non-hydrogen) atoms. The lowest BCUT2D eigenvalue weighted by molar-refractivity contribution is -0.384. The first-order chi connectivity index (χ1) is 20.0. The fraction of sp³-hybridized carbons (Fsp3) is 0.310. The standard InChI is InChI=1S/C29H32Cl2N4O6S/c1-3-5-17-32-29(37)27(4-2)33(19-21-11-12-22(30)18-26(21)31)28(36)20-34(23-13-15-24(16-14-23)35(38)39)42(40,41)25-9-7-6-8-10-25/h6-16,18,27H,3-5,17,19-20H2,1-2H3,(H,32,37)/t27-/m1/s1. The zero-order valence-electron chi connectivity index (χ0n) is 23.2. The minimum absolute atomic E-state index is 0.0442. The van der Waals surface area contributed by atoms with Crippen molar-refractivity contribution >= 4 is 56.4 Å². The van der Waals surface area contributed by atoms with Crippen LogP contribution >= 0.6 is 23.2 Å². The van der Waals surface area contributed by atoms with Gasteiger partial charge in [0.15, 0.2) is 0 Å². The van der Waals surface area contributed by atoms with Crippen molar-refractivity contribution in [1.29, 1.82) is 0 Å². The number of nitrogens with zero attached hydrogens (tertiary/aromatic N) is 3. The number of non-ortho nitro benzene ring substituents is 1. The molecule has 0 radical (unpaired) electrons. The average molecular weight is 636 g/mol. The molecular formula is C29H32Cl2N4O6S. The Bertz CT molecular complexity index is 1500. The molecule has 3 aromatic rings. The fourth-order valence-corrected chi connectivity index (χ4v) is 6.15. The third kappa shape index (κ3) is 8.21. The van der Waals surface area contributed by atoms with Gasteiger partial charge in [-0.1, -0.05) is 67.7 Å². The van der Waals surface area contributed by atoms with Crippen molar-refractivity contribution in [2.75, 3.05) is 17.4 Å². The second kappa shape index (κ2) is 15.0. The van der Waals surface area contributed by atoms with Crippen LogP contribution in [0.15, 0.2) is 77.7 Å². The lowest BCUT2D eigenvalue weighted by atomic mass is 10.1. The van der Waals surface area contributed by atoms with E-state index in [1.165, 1.54) is 35.2 Å². The molecule has 0 aliphatic heterocycles. The summed E-state index contributed by atoms with van der Waals surface area (Å²) in [5.41, 5.74) is 0.320. The highest BCUT2D eigenvalue weighted by Crippen LogP contribution is 2.28. The predicted octanol–water partition coefficient (Wildman–Crippen LogP) is 5.82. The lowest BCUT2D eigenvalue weighted by Gasteiger charge is -2.33. The van der Waals surface area contributed by atoms with Crippen LogP contribution in [0.2, 0.25) is 10.0 Å². The molecule has 1 atom stereocenters. The summed E-state index contributed by atoms with van der Waals surface area (Å²) in [7, 11) is -4.30. The maximum absolute atomic E-state index is 14.1. The molecule has 13 heteroatoms. The molecule has 0 aliphatic rings. The fourth-order valence-electron chi connectivity index (χ4n) is 4.25. The van der Waals surface area contributed by atoms with Crippen molar-refractivity contribution < 1.29 is 22.9 Å². The summed E-state index contributed by atoms with van der Waals surface area (Å²) >= 11 is 12.5. The molecule has 3 rings (SSSR count). The minimum Gasteiger partial charge on any atom is -0.354 e. The molecule has 0 spiro atoms. The number of anilines is 1. The molecule has 0 bridgehead atoms. The van der Waals surface area contributed by atoms with E-state index in [2.05, 4.69) is 5.32 Å². The molecule has 10 nitrogen and oxygen atoms in total. The molecule has 1 N–H and O–H groups in total. The number of carbonyl (C=O) groups excluding carboxylic acids is 2. The number of unbranched alkanes of at least 4 members (excludes halogenated alkanes) is 1. The molecule has 0 fully saturated rings. The van der Waals surface area contributed by atoms with Gasteiger partial charge in [-0.25, -0.2) is 8.42 Å². The molecule has 3 aromatic carbocycles. The molecule has 0 aromatic heterocycles. The van der Waals surface area contributed by atoms with Crippen molar-refractivity contribution in [3.05, 3.63) is 98.5 Å². The normalized spacial score (nSPS) is 11.9. The molecule has 0 unspecified atom stereocenters. The Hall–Kier alpha value is -3.67. The Balaban J connectivity index is 2.06. The Morgan fingerprint density at radius 3 is 2.24 bits per heavy atom. The molecule has 0 saturated carbocycles. The number of nitro groups is 1. The van der Waals surface area contributed by atoms with Crippen LogP contribution in [0.3, 0.4) is 0 Å². The largest absolute Gasteiger partial charge is 0.354 e. The number of amides is 2. The summed E-state index contributed by atoms with van der Waals surface area (Å²) in [4.78, 5) is 39.1. The van der Waals surface area contributed by atoms with Crippen molar-refractivity contribution in [3.63, 3.8) is 0 Å². The summed E-state index contributed by atoms with van der Waals surface area (Å²) in [6.45, 7) is 3.39.